The van der Waals surface area contributed by atoms with Crippen molar-refractivity contribution >= 4 is 23.7 Å². The number of thioether (sulfide) groups is 1. The smallest absolute Gasteiger partial charge is 0.338 e. The summed E-state index contributed by atoms with van der Waals surface area (Å²) in [6.07, 6.45) is 0. The maximum absolute atomic E-state index is 11.9. The van der Waals surface area contributed by atoms with E-state index in [2.05, 4.69) is 5.32 Å². The lowest BCUT2D eigenvalue weighted by Gasteiger charge is -2.20. The molecule has 1 saturated heterocycles. The number of nitrogens with one attached hydrogen (secondary N) is 1. The second-order valence-corrected chi connectivity index (χ2v) is 8.30. The predicted octanol–water partition coefficient (Wildman–Crippen LogP) is 3.69. The molecule has 2 atom stereocenters. The van der Waals surface area contributed by atoms with E-state index in [1.807, 2.05) is 32.0 Å². The molecule has 6 nitrogen and oxygen atoms in total. The van der Waals surface area contributed by atoms with Crippen LogP contribution in [0.15, 0.2) is 40.8 Å². The summed E-state index contributed by atoms with van der Waals surface area (Å²) in [5.41, 5.74) is 1.22. The van der Waals surface area contributed by atoms with Gasteiger partial charge in [-0.1, -0.05) is 12.1 Å². The highest BCUT2D eigenvalue weighted by Crippen LogP contribution is 2.46. The molecule has 1 aliphatic rings. The molecule has 0 spiro atoms. The van der Waals surface area contributed by atoms with E-state index < -0.39 is 16.8 Å². The van der Waals surface area contributed by atoms with Crippen LogP contribution in [0.1, 0.15) is 42.3 Å². The summed E-state index contributed by atoms with van der Waals surface area (Å²) in [7, 11) is 0. The third kappa shape index (κ3) is 3.64. The van der Waals surface area contributed by atoms with Crippen molar-refractivity contribution < 1.29 is 23.8 Å². The van der Waals surface area contributed by atoms with Gasteiger partial charge in [0.15, 0.2) is 0 Å². The van der Waals surface area contributed by atoms with Gasteiger partial charge in [-0.05, 0) is 45.0 Å². The minimum atomic E-state index is -0.876. The Labute approximate surface area is 155 Å². The first-order valence-corrected chi connectivity index (χ1v) is 9.23. The summed E-state index contributed by atoms with van der Waals surface area (Å²) in [5.74, 6) is 0.0209. The number of carboxylic acid groups (broad SMARTS) is 1. The molecular weight excluding hydrogens is 354 g/mol. The Morgan fingerprint density at radius 2 is 2.08 bits per heavy atom. The number of hydrogen-bond donors (Lipinski definition) is 2. The normalized spacial score (nSPS) is 21.5. The fourth-order valence-corrected chi connectivity index (χ4v) is 4.29. The summed E-state index contributed by atoms with van der Waals surface area (Å²) in [6, 6.07) is 10.0. The Morgan fingerprint density at radius 3 is 2.73 bits per heavy atom. The topological polar surface area (TPSA) is 88.8 Å². The zero-order chi connectivity index (χ0) is 18.9. The first kappa shape index (κ1) is 18.5. The van der Waals surface area contributed by atoms with Gasteiger partial charge in [-0.25, -0.2) is 4.79 Å². The van der Waals surface area contributed by atoms with Gasteiger partial charge in [-0.3, -0.25) is 10.1 Å². The molecule has 0 bridgehead atoms. The first-order chi connectivity index (χ1) is 12.3. The molecule has 26 heavy (non-hydrogen) atoms. The van der Waals surface area contributed by atoms with Crippen LogP contribution in [0.5, 0.6) is 0 Å². The second kappa shape index (κ2) is 7.17. The monoisotopic (exact) mass is 375 g/mol. The molecule has 3 rings (SSSR count). The Balaban J connectivity index is 1.82. The fraction of sp³-hybridized carbons (Fsp3) is 0.368. The number of aliphatic carboxylic acids is 1. The Kier molecular flexibility index (Phi) is 5.11. The van der Waals surface area contributed by atoms with Crippen LogP contribution in [0.4, 0.5) is 0 Å². The van der Waals surface area contributed by atoms with E-state index in [0.717, 1.165) is 5.56 Å². The quantitative estimate of drug-likeness (QED) is 0.771. The second-order valence-electron chi connectivity index (χ2n) is 6.54. The van der Waals surface area contributed by atoms with Crippen molar-refractivity contribution in [1.82, 2.24) is 5.32 Å². The van der Waals surface area contributed by atoms with Gasteiger partial charge >= 0.3 is 11.9 Å². The predicted molar refractivity (Wildman–Crippen MR) is 99.1 cm³/mol. The SMILES string of the molecule is CCOC(=O)c1cccc(-c2ccc(C3NC(C(=O)O)C(C)(C)S3)o2)c1. The molecule has 0 saturated carbocycles. The number of rotatable bonds is 5. The lowest BCUT2D eigenvalue weighted by Crippen LogP contribution is -2.43. The standard InChI is InChI=1S/C19H21NO5S/c1-4-24-18(23)12-7-5-6-11(10-12)13-8-9-14(25-13)16-20-15(17(21)22)19(2,3)26-16/h5-10,15-16,20H,4H2,1-3H3,(H,21,22). The Bertz CT molecular complexity index is 829. The van der Waals surface area contributed by atoms with Crippen molar-refractivity contribution in [2.24, 2.45) is 0 Å². The van der Waals surface area contributed by atoms with Crippen molar-refractivity contribution in [2.45, 2.75) is 36.9 Å². The number of carbonyl (C=O) groups is 2. The number of carbonyl (C=O) groups excluding carboxylic acids is 1. The summed E-state index contributed by atoms with van der Waals surface area (Å²) in [6.45, 7) is 5.88. The average Bonchev–Trinajstić information content (AvgIpc) is 3.19. The Hall–Kier alpha value is -2.25. The number of furan rings is 1. The molecule has 138 valence electrons. The molecule has 0 amide bonds. The Morgan fingerprint density at radius 1 is 1.31 bits per heavy atom. The van der Waals surface area contributed by atoms with Gasteiger partial charge in [0.1, 0.15) is 22.9 Å². The van der Waals surface area contributed by atoms with E-state index in [1.165, 1.54) is 11.8 Å². The lowest BCUT2D eigenvalue weighted by molar-refractivity contribution is -0.139. The van der Waals surface area contributed by atoms with Crippen molar-refractivity contribution in [3.63, 3.8) is 0 Å². The molecule has 1 aromatic carbocycles. The fourth-order valence-electron chi connectivity index (χ4n) is 2.93. The summed E-state index contributed by atoms with van der Waals surface area (Å²) >= 11 is 1.52. The van der Waals surface area contributed by atoms with Gasteiger partial charge in [0.25, 0.3) is 0 Å². The number of esters is 1. The van der Waals surface area contributed by atoms with E-state index in [1.54, 1.807) is 25.1 Å². The van der Waals surface area contributed by atoms with E-state index in [4.69, 9.17) is 9.15 Å². The number of carboxylic acids is 1. The highest BCUT2D eigenvalue weighted by Gasteiger charge is 2.46. The van der Waals surface area contributed by atoms with E-state index >= 15 is 0 Å². The van der Waals surface area contributed by atoms with Crippen LogP contribution in [0.3, 0.4) is 0 Å². The van der Waals surface area contributed by atoms with Crippen molar-refractivity contribution in [2.75, 3.05) is 6.61 Å². The van der Waals surface area contributed by atoms with Crippen LogP contribution >= 0.6 is 11.8 Å². The highest BCUT2D eigenvalue weighted by atomic mass is 32.2. The molecule has 7 heteroatoms. The first-order valence-electron chi connectivity index (χ1n) is 8.36. The van der Waals surface area contributed by atoms with Crippen LogP contribution in [-0.4, -0.2) is 34.4 Å². The maximum Gasteiger partial charge on any atom is 0.338 e. The summed E-state index contributed by atoms with van der Waals surface area (Å²) in [5, 5.41) is 12.2. The molecule has 2 N–H and O–H groups in total. The van der Waals surface area contributed by atoms with Crippen LogP contribution in [0.2, 0.25) is 0 Å². The zero-order valence-electron chi connectivity index (χ0n) is 14.8. The van der Waals surface area contributed by atoms with Gasteiger partial charge in [0.2, 0.25) is 0 Å². The van der Waals surface area contributed by atoms with E-state index in [0.29, 0.717) is 23.7 Å². The average molecular weight is 375 g/mol. The van der Waals surface area contributed by atoms with Crippen LogP contribution in [-0.2, 0) is 9.53 Å². The molecular formula is C19H21NO5S. The largest absolute Gasteiger partial charge is 0.480 e. The molecule has 1 fully saturated rings. The summed E-state index contributed by atoms with van der Waals surface area (Å²) in [4.78, 5) is 23.3. The highest BCUT2D eigenvalue weighted by molar-refractivity contribution is 8.01. The third-order valence-corrected chi connectivity index (χ3v) is 5.67. The maximum atomic E-state index is 11.9. The van der Waals surface area contributed by atoms with Crippen LogP contribution in [0, 0.1) is 0 Å². The zero-order valence-corrected chi connectivity index (χ0v) is 15.6. The number of ether oxygens (including phenoxy) is 1. The molecule has 1 aromatic heterocycles. The van der Waals surface area contributed by atoms with Gasteiger partial charge in [-0.15, -0.1) is 11.8 Å². The van der Waals surface area contributed by atoms with Gasteiger partial charge in [0, 0.05) is 10.3 Å². The van der Waals surface area contributed by atoms with Crippen LogP contribution in [0.25, 0.3) is 11.3 Å². The third-order valence-electron chi connectivity index (χ3n) is 4.23. The molecule has 2 unspecified atom stereocenters. The molecule has 2 heterocycles. The van der Waals surface area contributed by atoms with Crippen LogP contribution < -0.4 is 5.32 Å². The molecule has 0 radical (unpaired) electrons. The number of hydrogen-bond acceptors (Lipinski definition) is 6. The van der Waals surface area contributed by atoms with Crippen molar-refractivity contribution in [3.05, 3.63) is 47.7 Å². The van der Waals surface area contributed by atoms with Gasteiger partial charge in [0.05, 0.1) is 12.2 Å². The number of benzene rings is 1. The molecule has 1 aliphatic heterocycles. The molecule has 0 aliphatic carbocycles. The summed E-state index contributed by atoms with van der Waals surface area (Å²) < 4.78 is 10.5. The van der Waals surface area contributed by atoms with Gasteiger partial charge < -0.3 is 14.3 Å². The minimum Gasteiger partial charge on any atom is -0.480 e. The van der Waals surface area contributed by atoms with Gasteiger partial charge in [-0.2, -0.15) is 0 Å². The van der Waals surface area contributed by atoms with E-state index in [-0.39, 0.29) is 11.3 Å². The van der Waals surface area contributed by atoms with E-state index in [9.17, 15) is 14.7 Å². The lowest BCUT2D eigenvalue weighted by atomic mass is 10.0. The molecule has 2 aromatic rings. The minimum absolute atomic E-state index is 0.243. The van der Waals surface area contributed by atoms with Crippen molar-refractivity contribution in [1.29, 1.82) is 0 Å². The van der Waals surface area contributed by atoms with Crippen molar-refractivity contribution in [3.8, 4) is 11.3 Å².